The van der Waals surface area contributed by atoms with Crippen molar-refractivity contribution in [2.24, 2.45) is 0 Å². The Labute approximate surface area is 177 Å². The summed E-state index contributed by atoms with van der Waals surface area (Å²) in [5, 5.41) is 5.38. The normalized spacial score (nSPS) is 16.1. The van der Waals surface area contributed by atoms with Crippen LogP contribution in [0.25, 0.3) is 0 Å². The Bertz CT molecular complexity index is 847. The van der Waals surface area contributed by atoms with E-state index < -0.39 is 11.8 Å². The van der Waals surface area contributed by atoms with E-state index in [0.29, 0.717) is 5.69 Å². The lowest BCUT2D eigenvalue weighted by Gasteiger charge is -2.38. The van der Waals surface area contributed by atoms with Crippen molar-refractivity contribution < 1.29 is 14.0 Å². The predicted octanol–water partition coefficient (Wildman–Crippen LogP) is 2.43. The molecule has 0 bridgehead atoms. The van der Waals surface area contributed by atoms with Gasteiger partial charge in [0.1, 0.15) is 5.82 Å². The number of benzene rings is 2. The molecule has 1 atom stereocenters. The van der Waals surface area contributed by atoms with E-state index in [4.69, 9.17) is 0 Å². The molecule has 3 rings (SSSR count). The molecule has 2 aromatic rings. The number of piperazine rings is 1. The van der Waals surface area contributed by atoms with Crippen LogP contribution in [-0.2, 0) is 16.0 Å². The summed E-state index contributed by atoms with van der Waals surface area (Å²) in [5.41, 5.74) is 2.66. The molecule has 2 aromatic carbocycles. The summed E-state index contributed by atoms with van der Waals surface area (Å²) >= 11 is 0. The molecule has 0 spiro atoms. The molecule has 0 aromatic heterocycles. The maximum atomic E-state index is 13.4. The Morgan fingerprint density at radius 3 is 2.20 bits per heavy atom. The largest absolute Gasteiger partial charge is 0.346 e. The van der Waals surface area contributed by atoms with Gasteiger partial charge >= 0.3 is 11.8 Å². The first kappa shape index (κ1) is 21.9. The van der Waals surface area contributed by atoms with Crippen LogP contribution in [0.15, 0.2) is 48.5 Å². The highest BCUT2D eigenvalue weighted by atomic mass is 19.1. The van der Waals surface area contributed by atoms with Crippen LogP contribution in [0.1, 0.15) is 24.1 Å². The van der Waals surface area contributed by atoms with E-state index in [1.807, 2.05) is 12.1 Å². The lowest BCUT2D eigenvalue weighted by atomic mass is 10.0. The van der Waals surface area contributed by atoms with E-state index in [2.05, 4.69) is 34.4 Å². The van der Waals surface area contributed by atoms with Crippen molar-refractivity contribution in [1.82, 2.24) is 15.1 Å². The molecule has 1 heterocycles. The van der Waals surface area contributed by atoms with Gasteiger partial charge in [-0.2, -0.15) is 0 Å². The number of aryl methyl sites for hydroxylation is 1. The summed E-state index contributed by atoms with van der Waals surface area (Å²) in [7, 11) is 2.07. The van der Waals surface area contributed by atoms with Gasteiger partial charge in [0.15, 0.2) is 0 Å². The van der Waals surface area contributed by atoms with E-state index in [1.165, 1.54) is 12.1 Å². The second-order valence-corrected chi connectivity index (χ2v) is 7.62. The van der Waals surface area contributed by atoms with Gasteiger partial charge in [0.2, 0.25) is 0 Å². The van der Waals surface area contributed by atoms with Crippen LogP contribution >= 0.6 is 0 Å². The number of nitrogens with zero attached hydrogens (tertiary/aromatic N) is 2. The summed E-state index contributed by atoms with van der Waals surface area (Å²) in [4.78, 5) is 29.2. The van der Waals surface area contributed by atoms with Gasteiger partial charge in [0.25, 0.3) is 0 Å². The molecule has 7 heteroatoms. The molecule has 160 valence electrons. The summed E-state index contributed by atoms with van der Waals surface area (Å²) in [6, 6.07) is 13.6. The minimum Gasteiger partial charge on any atom is -0.346 e. The summed E-state index contributed by atoms with van der Waals surface area (Å²) < 4.78 is 13.4. The summed E-state index contributed by atoms with van der Waals surface area (Å²) in [6.07, 6.45) is 0.909. The van der Waals surface area contributed by atoms with E-state index in [1.54, 1.807) is 24.3 Å². The number of rotatable bonds is 6. The van der Waals surface area contributed by atoms with Gasteiger partial charge < -0.3 is 15.5 Å². The van der Waals surface area contributed by atoms with Crippen LogP contribution in [-0.4, -0.2) is 61.4 Å². The quantitative estimate of drug-likeness (QED) is 0.716. The van der Waals surface area contributed by atoms with Crippen LogP contribution in [0.2, 0.25) is 0 Å². The second-order valence-electron chi connectivity index (χ2n) is 7.62. The standard InChI is InChI=1S/C23H29FN4O2/c1-3-17-4-10-20(11-5-17)26-23(30)22(29)25-16-21(18-6-8-19(24)9-7-18)28-14-12-27(2)13-15-28/h4-11,21H,3,12-16H2,1-2H3,(H,25,29)(H,26,30)/t21-/m0/s1. The minimum absolute atomic E-state index is 0.125. The van der Waals surface area contributed by atoms with Crippen molar-refractivity contribution in [3.63, 3.8) is 0 Å². The Morgan fingerprint density at radius 2 is 1.60 bits per heavy atom. The Balaban J connectivity index is 1.62. The van der Waals surface area contributed by atoms with Crippen LogP contribution in [0.4, 0.5) is 10.1 Å². The first-order chi connectivity index (χ1) is 14.5. The fourth-order valence-corrected chi connectivity index (χ4v) is 3.56. The highest BCUT2D eigenvalue weighted by Crippen LogP contribution is 2.22. The number of hydrogen-bond acceptors (Lipinski definition) is 4. The Morgan fingerprint density at radius 1 is 0.967 bits per heavy atom. The molecule has 1 saturated heterocycles. The third kappa shape index (κ3) is 5.87. The maximum absolute atomic E-state index is 13.4. The van der Waals surface area contributed by atoms with Gasteiger partial charge in [-0.05, 0) is 48.9 Å². The Hall–Kier alpha value is -2.77. The SMILES string of the molecule is CCc1ccc(NC(=O)C(=O)NC[C@@H](c2ccc(F)cc2)N2CCN(C)CC2)cc1. The van der Waals surface area contributed by atoms with E-state index in [-0.39, 0.29) is 18.4 Å². The molecule has 1 aliphatic heterocycles. The molecule has 1 fully saturated rings. The van der Waals surface area contributed by atoms with Crippen LogP contribution < -0.4 is 10.6 Å². The van der Waals surface area contributed by atoms with Crippen LogP contribution in [0.5, 0.6) is 0 Å². The number of hydrogen-bond donors (Lipinski definition) is 2. The van der Waals surface area contributed by atoms with Crippen molar-refractivity contribution in [3.8, 4) is 0 Å². The molecule has 0 unspecified atom stereocenters. The van der Waals surface area contributed by atoms with Gasteiger partial charge in [-0.25, -0.2) is 4.39 Å². The van der Waals surface area contributed by atoms with Crippen molar-refractivity contribution >= 4 is 17.5 Å². The lowest BCUT2D eigenvalue weighted by molar-refractivity contribution is -0.136. The van der Waals surface area contributed by atoms with Crippen molar-refractivity contribution in [2.75, 3.05) is 45.1 Å². The Kier molecular flexibility index (Phi) is 7.54. The highest BCUT2D eigenvalue weighted by molar-refractivity contribution is 6.39. The molecule has 1 aliphatic rings. The van der Waals surface area contributed by atoms with Crippen molar-refractivity contribution in [2.45, 2.75) is 19.4 Å². The molecular formula is C23H29FN4O2. The average molecular weight is 413 g/mol. The number of carbonyl (C=O) groups is 2. The predicted molar refractivity (Wildman–Crippen MR) is 116 cm³/mol. The van der Waals surface area contributed by atoms with Crippen LogP contribution in [0, 0.1) is 5.82 Å². The van der Waals surface area contributed by atoms with Crippen LogP contribution in [0.3, 0.4) is 0 Å². The molecular weight excluding hydrogens is 383 g/mol. The zero-order valence-corrected chi connectivity index (χ0v) is 17.5. The third-order valence-electron chi connectivity index (χ3n) is 5.52. The summed E-state index contributed by atoms with van der Waals surface area (Å²) in [5.74, 6) is -1.68. The number of amides is 2. The number of likely N-dealkylation sites (N-methyl/N-ethyl adjacent to an activating group) is 1. The molecule has 0 aliphatic carbocycles. The fraction of sp³-hybridized carbons (Fsp3) is 0.391. The molecule has 0 radical (unpaired) electrons. The van der Waals surface area contributed by atoms with Crippen molar-refractivity contribution in [1.29, 1.82) is 0 Å². The van der Waals surface area contributed by atoms with Crippen molar-refractivity contribution in [3.05, 3.63) is 65.5 Å². The molecule has 0 saturated carbocycles. The smallest absolute Gasteiger partial charge is 0.313 e. The van der Waals surface area contributed by atoms with Gasteiger partial charge in [0.05, 0.1) is 6.04 Å². The zero-order valence-electron chi connectivity index (χ0n) is 17.5. The first-order valence-electron chi connectivity index (χ1n) is 10.3. The molecule has 2 amide bonds. The molecule has 30 heavy (non-hydrogen) atoms. The summed E-state index contributed by atoms with van der Waals surface area (Å²) in [6.45, 7) is 5.84. The molecule has 6 nitrogen and oxygen atoms in total. The fourth-order valence-electron chi connectivity index (χ4n) is 3.56. The maximum Gasteiger partial charge on any atom is 0.313 e. The van der Waals surface area contributed by atoms with Gasteiger partial charge in [-0.1, -0.05) is 31.2 Å². The minimum atomic E-state index is -0.699. The zero-order chi connectivity index (χ0) is 21.5. The number of carbonyl (C=O) groups excluding carboxylic acids is 2. The number of nitrogens with one attached hydrogen (secondary N) is 2. The van der Waals surface area contributed by atoms with E-state index >= 15 is 0 Å². The lowest BCUT2D eigenvalue weighted by Crippen LogP contribution is -2.49. The van der Waals surface area contributed by atoms with Gasteiger partial charge in [0, 0.05) is 38.4 Å². The van der Waals surface area contributed by atoms with Gasteiger partial charge in [-0.3, -0.25) is 14.5 Å². The third-order valence-corrected chi connectivity index (χ3v) is 5.52. The number of halogens is 1. The first-order valence-corrected chi connectivity index (χ1v) is 10.3. The highest BCUT2D eigenvalue weighted by Gasteiger charge is 2.25. The van der Waals surface area contributed by atoms with Gasteiger partial charge in [-0.15, -0.1) is 0 Å². The monoisotopic (exact) mass is 412 g/mol. The number of anilines is 1. The van der Waals surface area contributed by atoms with E-state index in [0.717, 1.165) is 43.7 Å². The average Bonchev–Trinajstić information content (AvgIpc) is 2.76. The second kappa shape index (κ2) is 10.3. The molecule has 2 N–H and O–H groups in total. The topological polar surface area (TPSA) is 64.7 Å². The van der Waals surface area contributed by atoms with E-state index in [9.17, 15) is 14.0 Å².